The Morgan fingerprint density at radius 1 is 1.24 bits per heavy atom. The number of guanidine groups is 1. The van der Waals surface area contributed by atoms with Gasteiger partial charge < -0.3 is 15.5 Å². The maximum absolute atomic E-state index is 4.36. The van der Waals surface area contributed by atoms with Crippen LogP contribution in [0.25, 0.3) is 0 Å². The molecule has 2 saturated heterocycles. The van der Waals surface area contributed by atoms with E-state index in [1.165, 1.54) is 44.5 Å². The minimum atomic E-state index is 0.671. The molecule has 0 aromatic heterocycles. The molecule has 2 unspecified atom stereocenters. The highest BCUT2D eigenvalue weighted by molar-refractivity contribution is 8.00. The Labute approximate surface area is 134 Å². The van der Waals surface area contributed by atoms with Crippen LogP contribution in [-0.4, -0.2) is 61.1 Å². The van der Waals surface area contributed by atoms with Gasteiger partial charge in [-0.05, 0) is 57.7 Å². The smallest absolute Gasteiger partial charge is 0.191 e. The molecule has 122 valence electrons. The van der Waals surface area contributed by atoms with Crippen molar-refractivity contribution in [3.05, 3.63) is 0 Å². The molecule has 2 atom stereocenters. The monoisotopic (exact) mass is 312 g/mol. The van der Waals surface area contributed by atoms with Crippen molar-refractivity contribution in [1.29, 1.82) is 0 Å². The van der Waals surface area contributed by atoms with Gasteiger partial charge in [0.05, 0.1) is 0 Å². The molecule has 0 spiro atoms. The Morgan fingerprint density at radius 3 is 2.71 bits per heavy atom. The summed E-state index contributed by atoms with van der Waals surface area (Å²) in [5, 5.41) is 7.79. The van der Waals surface area contributed by atoms with Crippen molar-refractivity contribution in [3.63, 3.8) is 0 Å². The van der Waals surface area contributed by atoms with Gasteiger partial charge >= 0.3 is 0 Å². The van der Waals surface area contributed by atoms with Gasteiger partial charge in [0.15, 0.2) is 5.96 Å². The van der Waals surface area contributed by atoms with Gasteiger partial charge in [-0.25, -0.2) is 0 Å². The molecule has 4 nitrogen and oxygen atoms in total. The van der Waals surface area contributed by atoms with Crippen molar-refractivity contribution in [1.82, 2.24) is 15.5 Å². The van der Waals surface area contributed by atoms with Crippen molar-refractivity contribution in [3.8, 4) is 0 Å². The number of hydrogen-bond donors (Lipinski definition) is 2. The highest BCUT2D eigenvalue weighted by atomic mass is 32.2. The van der Waals surface area contributed by atoms with Crippen molar-refractivity contribution >= 4 is 17.7 Å². The summed E-state index contributed by atoms with van der Waals surface area (Å²) in [6, 6.07) is 0.671. The van der Waals surface area contributed by atoms with E-state index >= 15 is 0 Å². The fraction of sp³-hybridized carbons (Fsp3) is 0.938. The molecule has 2 N–H and O–H groups in total. The molecule has 2 aliphatic rings. The molecule has 0 amide bonds. The number of thioether (sulfide) groups is 1. The maximum atomic E-state index is 4.36. The lowest BCUT2D eigenvalue weighted by Crippen LogP contribution is -2.46. The fourth-order valence-corrected chi connectivity index (χ4v) is 4.41. The largest absolute Gasteiger partial charge is 0.356 e. The normalized spacial score (nSPS) is 28.1. The molecule has 0 aliphatic carbocycles. The zero-order valence-corrected chi connectivity index (χ0v) is 14.7. The minimum absolute atomic E-state index is 0.671. The molecular formula is C16H32N4S. The quantitative estimate of drug-likeness (QED) is 0.603. The van der Waals surface area contributed by atoms with Crippen LogP contribution in [0.3, 0.4) is 0 Å². The molecule has 2 fully saturated rings. The summed E-state index contributed by atoms with van der Waals surface area (Å²) >= 11 is 2.09. The van der Waals surface area contributed by atoms with Gasteiger partial charge in [0.2, 0.25) is 0 Å². The summed E-state index contributed by atoms with van der Waals surface area (Å²) in [6.07, 6.45) is 5.39. The molecule has 5 heteroatoms. The van der Waals surface area contributed by atoms with E-state index < -0.39 is 0 Å². The van der Waals surface area contributed by atoms with Crippen LogP contribution in [-0.2, 0) is 0 Å². The lowest BCUT2D eigenvalue weighted by atomic mass is 9.97. The molecule has 2 heterocycles. The number of nitrogens with one attached hydrogen (secondary N) is 2. The Morgan fingerprint density at radius 2 is 2.05 bits per heavy atom. The Balaban J connectivity index is 1.67. The van der Waals surface area contributed by atoms with Crippen molar-refractivity contribution in [2.24, 2.45) is 10.9 Å². The second-order valence-electron chi connectivity index (χ2n) is 6.57. The van der Waals surface area contributed by atoms with E-state index in [1.54, 1.807) is 0 Å². The minimum Gasteiger partial charge on any atom is -0.356 e. The van der Waals surface area contributed by atoms with Gasteiger partial charge in [-0.1, -0.05) is 0 Å². The zero-order chi connectivity index (χ0) is 15.1. The number of rotatable bonds is 5. The topological polar surface area (TPSA) is 39.7 Å². The van der Waals surface area contributed by atoms with Crippen LogP contribution in [0.5, 0.6) is 0 Å². The first-order valence-corrected chi connectivity index (χ1v) is 9.54. The molecule has 2 aliphatic heterocycles. The van der Waals surface area contributed by atoms with Crippen LogP contribution in [0, 0.1) is 5.92 Å². The summed E-state index contributed by atoms with van der Waals surface area (Å²) in [7, 11) is 1.87. The third-order valence-electron chi connectivity index (χ3n) is 4.58. The summed E-state index contributed by atoms with van der Waals surface area (Å²) in [4.78, 5) is 6.96. The second-order valence-corrected chi connectivity index (χ2v) is 7.97. The van der Waals surface area contributed by atoms with Crippen LogP contribution < -0.4 is 10.6 Å². The Hall–Kier alpha value is -0.420. The molecule has 0 radical (unpaired) electrons. The van der Waals surface area contributed by atoms with Gasteiger partial charge in [0.25, 0.3) is 0 Å². The molecule has 0 aromatic rings. The third kappa shape index (κ3) is 5.70. The molecule has 2 rings (SSSR count). The van der Waals surface area contributed by atoms with Gasteiger partial charge in [-0.3, -0.25) is 4.99 Å². The molecule has 21 heavy (non-hydrogen) atoms. The average molecular weight is 313 g/mol. The van der Waals surface area contributed by atoms with Crippen LogP contribution >= 0.6 is 11.8 Å². The van der Waals surface area contributed by atoms with E-state index in [-0.39, 0.29) is 0 Å². The summed E-state index contributed by atoms with van der Waals surface area (Å²) in [5.41, 5.74) is 0. The van der Waals surface area contributed by atoms with Gasteiger partial charge in [-0.15, -0.1) is 0 Å². The van der Waals surface area contributed by atoms with E-state index in [2.05, 4.69) is 46.1 Å². The number of aliphatic imine (C=N–C) groups is 1. The van der Waals surface area contributed by atoms with Gasteiger partial charge in [0, 0.05) is 38.0 Å². The van der Waals surface area contributed by atoms with Crippen LogP contribution in [0.2, 0.25) is 0 Å². The first-order valence-electron chi connectivity index (χ1n) is 8.49. The van der Waals surface area contributed by atoms with Gasteiger partial charge in [-0.2, -0.15) is 11.8 Å². The highest BCUT2D eigenvalue weighted by Gasteiger charge is 2.22. The number of nitrogens with zero attached hydrogens (tertiary/aromatic N) is 2. The predicted molar refractivity (Wildman–Crippen MR) is 94.3 cm³/mol. The van der Waals surface area contributed by atoms with E-state index in [9.17, 15) is 0 Å². The van der Waals surface area contributed by atoms with Crippen molar-refractivity contribution in [2.45, 2.75) is 50.8 Å². The first-order chi connectivity index (χ1) is 10.2. The van der Waals surface area contributed by atoms with E-state index in [0.29, 0.717) is 6.04 Å². The Kier molecular flexibility index (Phi) is 7.17. The molecule has 0 bridgehead atoms. The lowest BCUT2D eigenvalue weighted by molar-refractivity contribution is 0.141. The third-order valence-corrected chi connectivity index (χ3v) is 5.98. The molecular weight excluding hydrogens is 280 g/mol. The Bertz CT molecular complexity index is 326. The highest BCUT2D eigenvalue weighted by Crippen LogP contribution is 2.25. The fourth-order valence-electron chi connectivity index (χ4n) is 3.21. The van der Waals surface area contributed by atoms with Crippen LogP contribution in [0.1, 0.15) is 39.5 Å². The molecule has 0 aromatic carbocycles. The summed E-state index contributed by atoms with van der Waals surface area (Å²) in [6.45, 7) is 9.18. The average Bonchev–Trinajstić information content (AvgIpc) is 3.01. The zero-order valence-electron chi connectivity index (χ0n) is 13.9. The second kappa shape index (κ2) is 8.89. The van der Waals surface area contributed by atoms with E-state index in [0.717, 1.165) is 30.2 Å². The lowest BCUT2D eigenvalue weighted by Gasteiger charge is -2.35. The van der Waals surface area contributed by atoms with Gasteiger partial charge in [0.1, 0.15) is 0 Å². The van der Waals surface area contributed by atoms with Crippen molar-refractivity contribution in [2.75, 3.05) is 39.0 Å². The number of piperidine rings is 1. The van der Waals surface area contributed by atoms with Crippen LogP contribution in [0.4, 0.5) is 0 Å². The SMILES string of the molecule is CN=C(NCC1CCCN(C(C)C)C1)NCC1CCCS1. The predicted octanol–water partition coefficient (Wildman–Crippen LogP) is 2.17. The van der Waals surface area contributed by atoms with Crippen molar-refractivity contribution < 1.29 is 0 Å². The molecule has 0 saturated carbocycles. The summed E-state index contributed by atoms with van der Waals surface area (Å²) in [5.74, 6) is 3.05. The number of hydrogen-bond acceptors (Lipinski definition) is 3. The maximum Gasteiger partial charge on any atom is 0.191 e. The van der Waals surface area contributed by atoms with Crippen LogP contribution in [0.15, 0.2) is 4.99 Å². The van der Waals surface area contributed by atoms with E-state index in [4.69, 9.17) is 0 Å². The number of likely N-dealkylation sites (tertiary alicyclic amines) is 1. The first kappa shape index (κ1) is 16.9. The van der Waals surface area contributed by atoms with E-state index in [1.807, 2.05) is 7.05 Å². The summed E-state index contributed by atoms with van der Waals surface area (Å²) < 4.78 is 0. The standard InChI is InChI=1S/C16H32N4S/c1-13(2)20-8-4-6-14(12-20)10-18-16(17-3)19-11-15-7-5-9-21-15/h13-15H,4-12H2,1-3H3,(H2,17,18,19).